The summed E-state index contributed by atoms with van der Waals surface area (Å²) >= 11 is 3.00. The highest BCUT2D eigenvalue weighted by molar-refractivity contribution is 7.89. The standard InChI is InChI=1S/C21H30N4O4S3/c1-4-5-12-32(28,29)25-10-8-16(9-11-25)20(27)24-21-23-19(14(2)30-21)18-7-6-17(31-18)13-22-15(3)26/h6-7,16H,4-5,8-13H2,1-3H3,(H,22,26)(H,23,24,27). The van der Waals surface area contributed by atoms with Gasteiger partial charge in [0.1, 0.15) is 0 Å². The summed E-state index contributed by atoms with van der Waals surface area (Å²) in [6.45, 7) is 6.69. The number of sulfonamides is 1. The minimum Gasteiger partial charge on any atom is -0.351 e. The average molecular weight is 499 g/mol. The summed E-state index contributed by atoms with van der Waals surface area (Å²) in [4.78, 5) is 31.5. The molecule has 2 N–H and O–H groups in total. The Morgan fingerprint density at radius 1 is 1.22 bits per heavy atom. The molecule has 0 bridgehead atoms. The summed E-state index contributed by atoms with van der Waals surface area (Å²) in [5, 5.41) is 6.27. The first-order valence-corrected chi connectivity index (χ1v) is 14.0. The zero-order valence-corrected chi connectivity index (χ0v) is 21.1. The molecule has 0 aromatic carbocycles. The minimum atomic E-state index is -3.22. The molecule has 0 radical (unpaired) electrons. The molecule has 3 heterocycles. The van der Waals surface area contributed by atoms with Crippen LogP contribution in [-0.4, -0.2) is 48.4 Å². The van der Waals surface area contributed by atoms with Crippen LogP contribution in [0.3, 0.4) is 0 Å². The zero-order chi connectivity index (χ0) is 23.3. The monoisotopic (exact) mass is 498 g/mol. The van der Waals surface area contributed by atoms with E-state index in [9.17, 15) is 18.0 Å². The predicted molar refractivity (Wildman–Crippen MR) is 129 cm³/mol. The van der Waals surface area contributed by atoms with Gasteiger partial charge in [-0.3, -0.25) is 9.59 Å². The third kappa shape index (κ3) is 6.37. The van der Waals surface area contributed by atoms with Gasteiger partial charge in [0, 0.05) is 35.7 Å². The van der Waals surface area contributed by atoms with E-state index < -0.39 is 10.0 Å². The number of carbonyl (C=O) groups is 2. The lowest BCUT2D eigenvalue weighted by atomic mass is 9.97. The lowest BCUT2D eigenvalue weighted by Crippen LogP contribution is -2.42. The minimum absolute atomic E-state index is 0.0702. The number of piperidine rings is 1. The molecule has 2 aromatic rings. The Kier molecular flexibility index (Phi) is 8.43. The second-order valence-electron chi connectivity index (χ2n) is 7.93. The summed E-state index contributed by atoms with van der Waals surface area (Å²) in [5.41, 5.74) is 0.834. The largest absolute Gasteiger partial charge is 0.351 e. The molecule has 0 saturated carbocycles. The molecule has 1 aliphatic rings. The normalized spacial score (nSPS) is 15.6. The zero-order valence-electron chi connectivity index (χ0n) is 18.6. The summed E-state index contributed by atoms with van der Waals surface area (Å²) in [7, 11) is -3.22. The fourth-order valence-corrected chi connectivity index (χ4v) is 7.12. The Balaban J connectivity index is 1.57. The van der Waals surface area contributed by atoms with E-state index in [-0.39, 0.29) is 23.5 Å². The van der Waals surface area contributed by atoms with Gasteiger partial charge in [-0.15, -0.1) is 22.7 Å². The summed E-state index contributed by atoms with van der Waals surface area (Å²) in [6.07, 6.45) is 2.54. The summed E-state index contributed by atoms with van der Waals surface area (Å²) < 4.78 is 26.2. The molecule has 1 fully saturated rings. The van der Waals surface area contributed by atoms with Crippen LogP contribution < -0.4 is 10.6 Å². The maximum absolute atomic E-state index is 12.8. The number of nitrogens with zero attached hydrogens (tertiary/aromatic N) is 2. The fourth-order valence-electron chi connectivity index (χ4n) is 3.55. The van der Waals surface area contributed by atoms with E-state index in [2.05, 4.69) is 15.6 Å². The SMILES string of the molecule is CCCCS(=O)(=O)N1CCC(C(=O)Nc2nc(-c3ccc(CNC(C)=O)s3)c(C)s2)CC1. The van der Waals surface area contributed by atoms with E-state index >= 15 is 0 Å². The Morgan fingerprint density at radius 2 is 1.94 bits per heavy atom. The van der Waals surface area contributed by atoms with Gasteiger partial charge in [0.2, 0.25) is 21.8 Å². The molecule has 0 unspecified atom stereocenters. The third-order valence-electron chi connectivity index (χ3n) is 5.41. The van der Waals surface area contributed by atoms with Crippen molar-refractivity contribution in [2.75, 3.05) is 24.2 Å². The highest BCUT2D eigenvalue weighted by atomic mass is 32.2. The maximum Gasteiger partial charge on any atom is 0.229 e. The second kappa shape index (κ2) is 10.9. The van der Waals surface area contributed by atoms with Gasteiger partial charge in [-0.25, -0.2) is 17.7 Å². The first kappa shape index (κ1) is 24.8. The van der Waals surface area contributed by atoms with Crippen LogP contribution in [0.1, 0.15) is 49.3 Å². The van der Waals surface area contributed by atoms with Crippen molar-refractivity contribution in [1.29, 1.82) is 0 Å². The molecule has 3 rings (SSSR count). The summed E-state index contributed by atoms with van der Waals surface area (Å²) in [6, 6.07) is 3.94. The topological polar surface area (TPSA) is 108 Å². The number of hydrogen-bond acceptors (Lipinski definition) is 7. The molecule has 0 spiro atoms. The Bertz CT molecular complexity index is 1050. The van der Waals surface area contributed by atoms with Crippen molar-refractivity contribution in [3.63, 3.8) is 0 Å². The van der Waals surface area contributed by atoms with Gasteiger partial charge in [0.05, 0.1) is 22.9 Å². The van der Waals surface area contributed by atoms with Crippen molar-refractivity contribution in [2.24, 2.45) is 5.92 Å². The van der Waals surface area contributed by atoms with Gasteiger partial charge < -0.3 is 10.6 Å². The molecule has 2 aromatic heterocycles. The van der Waals surface area contributed by atoms with Gasteiger partial charge >= 0.3 is 0 Å². The van der Waals surface area contributed by atoms with Crippen LogP contribution in [0, 0.1) is 12.8 Å². The van der Waals surface area contributed by atoms with Crippen molar-refractivity contribution >= 4 is 49.6 Å². The van der Waals surface area contributed by atoms with Gasteiger partial charge in [-0.2, -0.15) is 0 Å². The number of amides is 2. The van der Waals surface area contributed by atoms with E-state index in [0.717, 1.165) is 26.7 Å². The number of anilines is 1. The van der Waals surface area contributed by atoms with Gasteiger partial charge in [0.25, 0.3) is 0 Å². The number of nitrogens with one attached hydrogen (secondary N) is 2. The lowest BCUT2D eigenvalue weighted by molar-refractivity contribution is -0.121. The highest BCUT2D eigenvalue weighted by Gasteiger charge is 2.31. The maximum atomic E-state index is 12.8. The van der Waals surface area contributed by atoms with Crippen molar-refractivity contribution in [3.05, 3.63) is 21.9 Å². The molecule has 176 valence electrons. The molecular weight excluding hydrogens is 468 g/mol. The molecule has 8 nitrogen and oxygen atoms in total. The van der Waals surface area contributed by atoms with Crippen LogP contribution in [0.15, 0.2) is 12.1 Å². The molecule has 1 aliphatic heterocycles. The van der Waals surface area contributed by atoms with Crippen LogP contribution >= 0.6 is 22.7 Å². The molecular formula is C21H30N4O4S3. The van der Waals surface area contributed by atoms with Crippen molar-refractivity contribution in [2.45, 2.75) is 53.0 Å². The number of rotatable bonds is 9. The first-order chi connectivity index (χ1) is 15.2. The number of thiazole rings is 1. The highest BCUT2D eigenvalue weighted by Crippen LogP contribution is 2.35. The Labute approximate surface area is 197 Å². The van der Waals surface area contributed by atoms with Gasteiger partial charge in [0.15, 0.2) is 5.13 Å². The quantitative estimate of drug-likeness (QED) is 0.549. The van der Waals surface area contributed by atoms with E-state index in [1.807, 2.05) is 26.0 Å². The number of carbonyl (C=O) groups excluding carboxylic acids is 2. The predicted octanol–water partition coefficient (Wildman–Crippen LogP) is 3.60. The van der Waals surface area contributed by atoms with Crippen molar-refractivity contribution in [1.82, 2.24) is 14.6 Å². The number of thiophene rings is 1. The molecule has 32 heavy (non-hydrogen) atoms. The molecule has 2 amide bonds. The van der Waals surface area contributed by atoms with Crippen LogP contribution in [0.4, 0.5) is 5.13 Å². The number of aromatic nitrogens is 1. The Hall–Kier alpha value is -1.82. The average Bonchev–Trinajstić information content (AvgIpc) is 3.37. The van der Waals surface area contributed by atoms with E-state index in [1.165, 1.54) is 22.6 Å². The number of unbranched alkanes of at least 4 members (excludes halogenated alkanes) is 1. The van der Waals surface area contributed by atoms with Gasteiger partial charge in [-0.1, -0.05) is 13.3 Å². The van der Waals surface area contributed by atoms with Crippen LogP contribution in [-0.2, 0) is 26.2 Å². The van der Waals surface area contributed by atoms with Gasteiger partial charge in [-0.05, 0) is 38.3 Å². The van der Waals surface area contributed by atoms with E-state index in [0.29, 0.717) is 44.0 Å². The molecule has 1 saturated heterocycles. The van der Waals surface area contributed by atoms with Crippen LogP contribution in [0.25, 0.3) is 10.6 Å². The first-order valence-electron chi connectivity index (χ1n) is 10.8. The molecule has 11 heteroatoms. The smallest absolute Gasteiger partial charge is 0.229 e. The fraction of sp³-hybridized carbons (Fsp3) is 0.571. The van der Waals surface area contributed by atoms with Crippen molar-refractivity contribution in [3.8, 4) is 10.6 Å². The Morgan fingerprint density at radius 3 is 2.59 bits per heavy atom. The second-order valence-corrected chi connectivity index (χ2v) is 12.4. The van der Waals surface area contributed by atoms with Crippen LogP contribution in [0.5, 0.6) is 0 Å². The van der Waals surface area contributed by atoms with E-state index in [4.69, 9.17) is 0 Å². The van der Waals surface area contributed by atoms with Crippen molar-refractivity contribution < 1.29 is 18.0 Å². The third-order valence-corrected chi connectivity index (χ3v) is 9.34. The number of hydrogen-bond donors (Lipinski definition) is 2. The lowest BCUT2D eigenvalue weighted by Gasteiger charge is -2.30. The summed E-state index contributed by atoms with van der Waals surface area (Å²) in [5.74, 6) is -0.213. The number of aryl methyl sites for hydroxylation is 1. The molecule has 0 atom stereocenters. The molecule has 0 aliphatic carbocycles. The van der Waals surface area contributed by atoms with Crippen LogP contribution in [0.2, 0.25) is 0 Å². The van der Waals surface area contributed by atoms with E-state index in [1.54, 1.807) is 11.3 Å².